The molecule has 264 valence electrons. The highest BCUT2D eigenvalue weighted by molar-refractivity contribution is 7.92. The van der Waals surface area contributed by atoms with Gasteiger partial charge >= 0.3 is 0 Å². The summed E-state index contributed by atoms with van der Waals surface area (Å²) in [6, 6.07) is 9.68. The van der Waals surface area contributed by atoms with E-state index in [-0.39, 0.29) is 58.9 Å². The standard InChI is InChI=1S/C34H46Cl2N4O7S/c1-21-17-40(22(2)20-41)34(42)28-16-27(38-48(43,44)33-24(4)37-47-25(33)5)11-13-31(28)46-23(3)9-7-8-14-45-32(21)19-39(6)18-26-10-12-29(35)30(36)15-26/h10-13,15-16,21-23,32,38,41H,7-9,14,17-20H2,1-6H3/t21-,22-,23-,32+/m1/s1. The van der Waals surface area contributed by atoms with Crippen molar-refractivity contribution in [2.45, 2.75) is 83.6 Å². The summed E-state index contributed by atoms with van der Waals surface area (Å²) < 4.78 is 47.0. The van der Waals surface area contributed by atoms with Gasteiger partial charge in [-0.15, -0.1) is 0 Å². The number of halogens is 2. The van der Waals surface area contributed by atoms with Crippen LogP contribution in [0.3, 0.4) is 0 Å². The van der Waals surface area contributed by atoms with Gasteiger partial charge in [-0.05, 0) is 89.9 Å². The lowest BCUT2D eigenvalue weighted by Crippen LogP contribution is -2.47. The van der Waals surface area contributed by atoms with Crippen molar-refractivity contribution in [2.75, 3.05) is 38.1 Å². The van der Waals surface area contributed by atoms with Gasteiger partial charge in [0.1, 0.15) is 11.4 Å². The number of aliphatic hydroxyl groups excluding tert-OH is 1. The predicted molar refractivity (Wildman–Crippen MR) is 186 cm³/mol. The molecule has 3 aromatic rings. The Kier molecular flexibility index (Phi) is 13.2. The van der Waals surface area contributed by atoms with Gasteiger partial charge in [0.15, 0.2) is 10.7 Å². The van der Waals surface area contributed by atoms with E-state index in [0.717, 1.165) is 24.8 Å². The van der Waals surface area contributed by atoms with Crippen LogP contribution in [-0.2, 0) is 21.3 Å². The highest BCUT2D eigenvalue weighted by Crippen LogP contribution is 2.31. The maximum Gasteiger partial charge on any atom is 0.267 e. The molecule has 48 heavy (non-hydrogen) atoms. The average Bonchev–Trinajstić information content (AvgIpc) is 3.38. The number of aryl methyl sites for hydroxylation is 2. The maximum absolute atomic E-state index is 14.4. The third-order valence-electron chi connectivity index (χ3n) is 8.47. The van der Waals surface area contributed by atoms with E-state index in [1.54, 1.807) is 36.9 Å². The van der Waals surface area contributed by atoms with Gasteiger partial charge in [0.05, 0.1) is 40.5 Å². The molecule has 4 rings (SSSR count). The number of aliphatic hydroxyl groups is 1. The predicted octanol–water partition coefficient (Wildman–Crippen LogP) is 6.33. The number of hydrogen-bond acceptors (Lipinski definition) is 9. The summed E-state index contributed by atoms with van der Waals surface area (Å²) in [6.07, 6.45) is 1.96. The van der Waals surface area contributed by atoms with Gasteiger partial charge < -0.3 is 24.0 Å². The van der Waals surface area contributed by atoms with E-state index in [9.17, 15) is 18.3 Å². The van der Waals surface area contributed by atoms with Gasteiger partial charge in [-0.2, -0.15) is 0 Å². The number of ether oxygens (including phenoxy) is 2. The number of nitrogens with zero attached hydrogens (tertiary/aromatic N) is 3. The summed E-state index contributed by atoms with van der Waals surface area (Å²) in [5.74, 6) is -0.0414. The number of sulfonamides is 1. The molecule has 14 heteroatoms. The fourth-order valence-corrected chi connectivity index (χ4v) is 7.54. The summed E-state index contributed by atoms with van der Waals surface area (Å²) >= 11 is 12.4. The van der Waals surface area contributed by atoms with E-state index in [1.807, 2.05) is 33.0 Å². The molecule has 0 aliphatic carbocycles. The molecular formula is C34H46Cl2N4O7S. The molecule has 0 bridgehead atoms. The molecular weight excluding hydrogens is 679 g/mol. The Hall–Kier alpha value is -2.87. The minimum Gasteiger partial charge on any atom is -0.490 e. The Morgan fingerprint density at radius 2 is 1.88 bits per heavy atom. The van der Waals surface area contributed by atoms with Crippen molar-refractivity contribution in [3.63, 3.8) is 0 Å². The Morgan fingerprint density at radius 3 is 2.54 bits per heavy atom. The van der Waals surface area contributed by atoms with E-state index >= 15 is 0 Å². The van der Waals surface area contributed by atoms with Crippen LogP contribution in [0.15, 0.2) is 45.8 Å². The zero-order chi connectivity index (χ0) is 35.2. The number of carbonyl (C=O) groups excluding carboxylic acids is 1. The molecule has 4 atom stereocenters. The minimum absolute atomic E-state index is 0.0571. The Balaban J connectivity index is 1.65. The second-order valence-corrected chi connectivity index (χ2v) is 15.1. The van der Waals surface area contributed by atoms with Crippen molar-refractivity contribution in [2.24, 2.45) is 5.92 Å². The molecule has 1 aliphatic rings. The zero-order valence-corrected chi connectivity index (χ0v) is 30.7. The number of anilines is 1. The highest BCUT2D eigenvalue weighted by atomic mass is 35.5. The largest absolute Gasteiger partial charge is 0.490 e. The lowest BCUT2D eigenvalue weighted by Gasteiger charge is -2.36. The number of rotatable bonds is 9. The third kappa shape index (κ3) is 9.64. The number of amides is 1. The van der Waals surface area contributed by atoms with Gasteiger partial charge in [0.25, 0.3) is 15.9 Å². The minimum atomic E-state index is -4.07. The summed E-state index contributed by atoms with van der Waals surface area (Å²) in [4.78, 5) is 18.1. The number of fused-ring (bicyclic) bond motifs is 1. The van der Waals surface area contributed by atoms with E-state index in [0.29, 0.717) is 35.5 Å². The van der Waals surface area contributed by atoms with Crippen LogP contribution in [-0.4, -0.2) is 86.0 Å². The molecule has 11 nitrogen and oxygen atoms in total. The van der Waals surface area contributed by atoms with Crippen LogP contribution in [0.4, 0.5) is 5.69 Å². The second-order valence-electron chi connectivity index (χ2n) is 12.7. The van der Waals surface area contributed by atoms with Crippen molar-refractivity contribution >= 4 is 44.8 Å². The number of aromatic nitrogens is 1. The number of benzene rings is 2. The first kappa shape index (κ1) is 37.9. The number of likely N-dealkylation sites (N-methyl/N-ethyl adjacent to an activating group) is 1. The van der Waals surface area contributed by atoms with Crippen molar-refractivity contribution in [3.8, 4) is 5.75 Å². The molecule has 0 saturated carbocycles. The van der Waals surface area contributed by atoms with Crippen LogP contribution in [0.5, 0.6) is 5.75 Å². The lowest BCUT2D eigenvalue weighted by molar-refractivity contribution is -0.0177. The smallest absolute Gasteiger partial charge is 0.267 e. The fourth-order valence-electron chi connectivity index (χ4n) is 5.83. The van der Waals surface area contributed by atoms with Crippen LogP contribution in [0.25, 0.3) is 0 Å². The molecule has 1 aromatic heterocycles. The van der Waals surface area contributed by atoms with Crippen molar-refractivity contribution in [3.05, 3.63) is 69.0 Å². The number of nitrogens with one attached hydrogen (secondary N) is 1. The summed E-state index contributed by atoms with van der Waals surface area (Å²) in [5, 5.41) is 15.0. The normalized spacial score (nSPS) is 20.6. The van der Waals surface area contributed by atoms with Crippen LogP contribution >= 0.6 is 23.2 Å². The lowest BCUT2D eigenvalue weighted by atomic mass is 10.0. The third-order valence-corrected chi connectivity index (χ3v) is 10.8. The van der Waals surface area contributed by atoms with E-state index in [1.165, 1.54) is 13.0 Å². The van der Waals surface area contributed by atoms with Gasteiger partial charge in [0, 0.05) is 37.8 Å². The molecule has 0 radical (unpaired) electrons. The first-order chi connectivity index (χ1) is 22.7. The number of carbonyl (C=O) groups is 1. The SMILES string of the molecule is Cc1noc(C)c1S(=O)(=O)Nc1ccc2c(c1)C(=O)N([C@H](C)CO)C[C@@H](C)[C@H](CN(C)Cc1ccc(Cl)c(Cl)c1)OCCCC[C@@H](C)O2. The van der Waals surface area contributed by atoms with E-state index < -0.39 is 22.0 Å². The van der Waals surface area contributed by atoms with Crippen molar-refractivity contribution in [1.82, 2.24) is 15.0 Å². The van der Waals surface area contributed by atoms with Crippen molar-refractivity contribution in [1.29, 1.82) is 0 Å². The molecule has 0 fully saturated rings. The fraction of sp³-hybridized carbons (Fsp3) is 0.529. The number of hydrogen-bond donors (Lipinski definition) is 2. The highest BCUT2D eigenvalue weighted by Gasteiger charge is 2.31. The molecule has 2 heterocycles. The van der Waals surface area contributed by atoms with Gasteiger partial charge in [-0.3, -0.25) is 14.4 Å². The summed E-state index contributed by atoms with van der Waals surface area (Å²) in [6.45, 7) is 10.6. The monoisotopic (exact) mass is 724 g/mol. The van der Waals surface area contributed by atoms with Gasteiger partial charge in [0.2, 0.25) is 0 Å². The van der Waals surface area contributed by atoms with E-state index in [4.69, 9.17) is 37.2 Å². The maximum atomic E-state index is 14.4. The van der Waals surface area contributed by atoms with Crippen LogP contribution in [0.1, 0.15) is 67.4 Å². The summed E-state index contributed by atoms with van der Waals surface area (Å²) in [5.41, 5.74) is 1.59. The second kappa shape index (κ2) is 16.7. The summed E-state index contributed by atoms with van der Waals surface area (Å²) in [7, 11) is -2.07. The van der Waals surface area contributed by atoms with Crippen LogP contribution in [0.2, 0.25) is 10.0 Å². The van der Waals surface area contributed by atoms with E-state index in [2.05, 4.69) is 14.8 Å². The van der Waals surface area contributed by atoms with Gasteiger partial charge in [-0.25, -0.2) is 8.42 Å². The topological polar surface area (TPSA) is 134 Å². The zero-order valence-electron chi connectivity index (χ0n) is 28.3. The Bertz CT molecular complexity index is 1650. The Morgan fingerprint density at radius 1 is 1.12 bits per heavy atom. The van der Waals surface area contributed by atoms with Crippen molar-refractivity contribution < 1.29 is 32.3 Å². The average molecular weight is 726 g/mol. The molecule has 0 saturated heterocycles. The Labute approximate surface area is 293 Å². The quantitative estimate of drug-likeness (QED) is 0.260. The molecule has 0 spiro atoms. The molecule has 1 amide bonds. The van der Waals surface area contributed by atoms with Crippen LogP contribution < -0.4 is 9.46 Å². The molecule has 2 aromatic carbocycles. The first-order valence-corrected chi connectivity index (χ1v) is 18.4. The molecule has 0 unspecified atom stereocenters. The molecule has 2 N–H and O–H groups in total. The van der Waals surface area contributed by atoms with Gasteiger partial charge in [-0.1, -0.05) is 41.3 Å². The molecule has 1 aliphatic heterocycles. The first-order valence-electron chi connectivity index (χ1n) is 16.1. The van der Waals surface area contributed by atoms with Crippen LogP contribution in [0, 0.1) is 19.8 Å².